The summed E-state index contributed by atoms with van der Waals surface area (Å²) in [6, 6.07) is 9.27. The Kier molecular flexibility index (Phi) is 5.02. The third-order valence-corrected chi connectivity index (χ3v) is 3.99. The minimum atomic E-state index is -0.708. The number of amides is 1. The van der Waals surface area contributed by atoms with Crippen LogP contribution in [-0.2, 0) is 9.53 Å². The maximum atomic E-state index is 11.8. The lowest BCUT2D eigenvalue weighted by molar-refractivity contribution is -0.138. The van der Waals surface area contributed by atoms with Crippen molar-refractivity contribution in [1.29, 1.82) is 0 Å². The Morgan fingerprint density at radius 2 is 2.21 bits per heavy atom. The highest BCUT2D eigenvalue weighted by Crippen LogP contribution is 2.17. The predicted molar refractivity (Wildman–Crippen MR) is 85.6 cm³/mol. The number of hydrogen-bond acceptors (Lipinski definition) is 7. The molecule has 1 aliphatic heterocycles. The van der Waals surface area contributed by atoms with Gasteiger partial charge in [0.2, 0.25) is 11.9 Å². The highest BCUT2D eigenvalue weighted by molar-refractivity contribution is 5.77. The molecular formula is C15H20N6O3. The summed E-state index contributed by atoms with van der Waals surface area (Å²) in [6.45, 7) is 0.827. The fourth-order valence-corrected chi connectivity index (χ4v) is 2.73. The van der Waals surface area contributed by atoms with E-state index in [0.717, 1.165) is 5.69 Å². The number of methoxy groups -OCH3 is 1. The summed E-state index contributed by atoms with van der Waals surface area (Å²) in [4.78, 5) is 13.4. The quantitative estimate of drug-likeness (QED) is 0.773. The zero-order valence-corrected chi connectivity index (χ0v) is 13.4. The number of likely N-dealkylation sites (tertiary alicyclic amines) is 1. The first-order valence-corrected chi connectivity index (χ1v) is 7.74. The number of hydrogen-bond donors (Lipinski definition) is 2. The van der Waals surface area contributed by atoms with Gasteiger partial charge in [-0.05, 0) is 29.0 Å². The van der Waals surface area contributed by atoms with Crippen molar-refractivity contribution in [3.05, 3.63) is 30.3 Å². The zero-order chi connectivity index (χ0) is 16.9. The summed E-state index contributed by atoms with van der Waals surface area (Å²) >= 11 is 0. The van der Waals surface area contributed by atoms with Gasteiger partial charge < -0.3 is 20.1 Å². The lowest BCUT2D eigenvalue weighted by Crippen LogP contribution is -2.52. The first-order chi connectivity index (χ1) is 11.7. The maximum Gasteiger partial charge on any atom is 0.248 e. The van der Waals surface area contributed by atoms with Gasteiger partial charge in [0.15, 0.2) is 0 Å². The van der Waals surface area contributed by atoms with E-state index < -0.39 is 6.10 Å². The van der Waals surface area contributed by atoms with E-state index in [9.17, 15) is 9.90 Å². The van der Waals surface area contributed by atoms with Crippen LogP contribution in [0.1, 0.15) is 6.42 Å². The number of carbonyl (C=O) groups excluding carboxylic acids is 1. The monoisotopic (exact) mass is 332 g/mol. The molecule has 0 aliphatic carbocycles. The molecule has 1 aromatic heterocycles. The highest BCUT2D eigenvalue weighted by atomic mass is 16.5. The summed E-state index contributed by atoms with van der Waals surface area (Å²) in [6.07, 6.45) is -0.112. The minimum absolute atomic E-state index is 0.0249. The second-order valence-electron chi connectivity index (χ2n) is 5.63. The number of aliphatic hydroxyl groups excluding tert-OH is 1. The first-order valence-electron chi connectivity index (χ1n) is 7.74. The van der Waals surface area contributed by atoms with Gasteiger partial charge >= 0.3 is 0 Å². The number of nitrogens with zero attached hydrogens (tertiary/aromatic N) is 5. The molecule has 1 saturated heterocycles. The number of carbonyl (C=O) groups is 1. The maximum absolute atomic E-state index is 11.8. The molecule has 0 radical (unpaired) electrons. The van der Waals surface area contributed by atoms with Crippen molar-refractivity contribution in [2.24, 2.45) is 0 Å². The van der Waals surface area contributed by atoms with Gasteiger partial charge in [-0.25, -0.2) is 0 Å². The molecule has 9 nitrogen and oxygen atoms in total. The molecule has 2 heterocycles. The lowest BCUT2D eigenvalue weighted by atomic mass is 10.0. The number of anilines is 1. The molecule has 128 valence electrons. The van der Waals surface area contributed by atoms with Gasteiger partial charge in [0.1, 0.15) is 6.61 Å². The minimum Gasteiger partial charge on any atom is -0.389 e. The molecular weight excluding hydrogens is 312 g/mol. The van der Waals surface area contributed by atoms with Crippen LogP contribution in [0.5, 0.6) is 0 Å². The van der Waals surface area contributed by atoms with Crippen LogP contribution in [0.15, 0.2) is 30.3 Å². The number of piperidine rings is 1. The van der Waals surface area contributed by atoms with Crippen LogP contribution in [0.2, 0.25) is 0 Å². The van der Waals surface area contributed by atoms with Gasteiger partial charge in [-0.1, -0.05) is 23.3 Å². The molecule has 2 atom stereocenters. The molecule has 1 fully saturated rings. The topological polar surface area (TPSA) is 105 Å². The van der Waals surface area contributed by atoms with Gasteiger partial charge in [-0.3, -0.25) is 4.79 Å². The van der Waals surface area contributed by atoms with Crippen LogP contribution in [0.25, 0.3) is 5.69 Å². The van der Waals surface area contributed by atoms with Gasteiger partial charge in [0, 0.05) is 20.2 Å². The normalized spacial score (nSPS) is 20.8. The van der Waals surface area contributed by atoms with Crippen LogP contribution >= 0.6 is 0 Å². The summed E-state index contributed by atoms with van der Waals surface area (Å²) < 4.78 is 6.43. The molecule has 2 N–H and O–H groups in total. The molecule has 24 heavy (non-hydrogen) atoms. The Morgan fingerprint density at radius 1 is 1.42 bits per heavy atom. The Bertz CT molecular complexity index is 677. The molecule has 1 amide bonds. The third kappa shape index (κ3) is 3.52. The number of ether oxygens (including phenoxy) is 1. The molecule has 0 bridgehead atoms. The van der Waals surface area contributed by atoms with Crippen molar-refractivity contribution >= 4 is 11.9 Å². The van der Waals surface area contributed by atoms with E-state index in [1.165, 1.54) is 7.11 Å². The van der Waals surface area contributed by atoms with Crippen LogP contribution in [0.4, 0.5) is 5.95 Å². The largest absolute Gasteiger partial charge is 0.389 e. The second kappa shape index (κ2) is 7.37. The van der Waals surface area contributed by atoms with E-state index in [2.05, 4.69) is 20.8 Å². The predicted octanol–water partition coefficient (Wildman–Crippen LogP) is -0.318. The van der Waals surface area contributed by atoms with E-state index in [-0.39, 0.29) is 25.1 Å². The Balaban J connectivity index is 1.66. The van der Waals surface area contributed by atoms with E-state index in [4.69, 9.17) is 4.74 Å². The summed E-state index contributed by atoms with van der Waals surface area (Å²) in [5.41, 5.74) is 0.826. The van der Waals surface area contributed by atoms with Gasteiger partial charge in [0.05, 0.1) is 17.8 Å². The van der Waals surface area contributed by atoms with Crippen molar-refractivity contribution < 1.29 is 14.6 Å². The smallest absolute Gasteiger partial charge is 0.248 e. The van der Waals surface area contributed by atoms with Crippen LogP contribution in [0, 0.1) is 0 Å². The van der Waals surface area contributed by atoms with E-state index in [1.807, 2.05) is 30.3 Å². The molecule has 0 unspecified atom stereocenters. The molecule has 2 aromatic rings. The SMILES string of the molecule is COCC(=O)N1CC[C@@H](Nc2nnnn2-c2ccccc2)[C@H](O)C1. The zero-order valence-electron chi connectivity index (χ0n) is 13.4. The number of para-hydroxylation sites is 1. The van der Waals surface area contributed by atoms with Crippen LogP contribution in [0.3, 0.4) is 0 Å². The lowest BCUT2D eigenvalue weighted by Gasteiger charge is -2.36. The summed E-state index contributed by atoms with van der Waals surface area (Å²) in [5.74, 6) is 0.339. The Morgan fingerprint density at radius 3 is 2.92 bits per heavy atom. The Hall–Kier alpha value is -2.52. The van der Waals surface area contributed by atoms with Crippen LogP contribution in [-0.4, -0.2) is 75.1 Å². The molecule has 9 heteroatoms. The number of β-amino-alcohol motifs (C(OH)–C–C–N with tert-alkyl or cyclic N) is 1. The fourth-order valence-electron chi connectivity index (χ4n) is 2.73. The number of aliphatic hydroxyl groups is 1. The standard InChI is InChI=1S/C15H20N6O3/c1-24-10-14(23)20-8-7-12(13(22)9-20)16-15-17-18-19-21(15)11-5-3-2-4-6-11/h2-6,12-13,22H,7-10H2,1H3,(H,16,17,19)/t12-,13-/m1/s1. The van der Waals surface area contributed by atoms with Crippen molar-refractivity contribution in [3.8, 4) is 5.69 Å². The van der Waals surface area contributed by atoms with E-state index in [0.29, 0.717) is 18.9 Å². The number of aromatic nitrogens is 4. The van der Waals surface area contributed by atoms with Gasteiger partial charge in [-0.15, -0.1) is 0 Å². The van der Waals surface area contributed by atoms with Crippen LogP contribution < -0.4 is 5.32 Å². The molecule has 1 aliphatic rings. The fraction of sp³-hybridized carbons (Fsp3) is 0.467. The van der Waals surface area contributed by atoms with Gasteiger partial charge in [-0.2, -0.15) is 4.68 Å². The molecule has 0 spiro atoms. The van der Waals surface area contributed by atoms with E-state index in [1.54, 1.807) is 9.58 Å². The second-order valence-corrected chi connectivity index (χ2v) is 5.63. The number of rotatable bonds is 5. The first kappa shape index (κ1) is 16.3. The van der Waals surface area contributed by atoms with Gasteiger partial charge in [0.25, 0.3) is 0 Å². The van der Waals surface area contributed by atoms with E-state index >= 15 is 0 Å². The van der Waals surface area contributed by atoms with Crippen molar-refractivity contribution in [2.75, 3.05) is 32.1 Å². The average Bonchev–Trinajstić information content (AvgIpc) is 3.06. The average molecular weight is 332 g/mol. The molecule has 1 aromatic carbocycles. The van der Waals surface area contributed by atoms with Crippen molar-refractivity contribution in [2.45, 2.75) is 18.6 Å². The number of benzene rings is 1. The Labute approximate surface area is 139 Å². The summed E-state index contributed by atoms with van der Waals surface area (Å²) in [5, 5.41) is 25.2. The highest BCUT2D eigenvalue weighted by Gasteiger charge is 2.31. The molecule has 3 rings (SSSR count). The summed E-state index contributed by atoms with van der Waals surface area (Å²) in [7, 11) is 1.48. The van der Waals surface area contributed by atoms with Crippen molar-refractivity contribution in [3.63, 3.8) is 0 Å². The third-order valence-electron chi connectivity index (χ3n) is 3.99. The molecule has 0 saturated carbocycles. The van der Waals surface area contributed by atoms with Crippen molar-refractivity contribution in [1.82, 2.24) is 25.1 Å². The number of tetrazole rings is 1. The number of nitrogens with one attached hydrogen (secondary N) is 1.